The number of carbonyl (C=O) groups is 1. The zero-order valence-corrected chi connectivity index (χ0v) is 32.6. The van der Waals surface area contributed by atoms with Crippen LogP contribution < -0.4 is 30.0 Å². The molecular weight excluding hydrogens is 711 g/mol. The molecule has 0 fully saturated rings. The van der Waals surface area contributed by atoms with Crippen molar-refractivity contribution in [3.8, 4) is 34.3 Å². The molecule has 0 saturated carbocycles. The van der Waals surface area contributed by atoms with Gasteiger partial charge < -0.3 is 49.3 Å². The summed E-state index contributed by atoms with van der Waals surface area (Å²) in [6, 6.07) is 26.3. The van der Waals surface area contributed by atoms with Crippen LogP contribution in [0.1, 0.15) is 21.5 Å². The highest BCUT2D eigenvalue weighted by molar-refractivity contribution is 6.07. The predicted molar refractivity (Wildman–Crippen MR) is 220 cm³/mol. The molecule has 7 rings (SSSR count). The Morgan fingerprint density at radius 2 is 1.32 bits per heavy atom. The minimum Gasteiger partial charge on any atom is -0.497 e. The van der Waals surface area contributed by atoms with Gasteiger partial charge in [0.25, 0.3) is 5.91 Å². The molecule has 5 N–H and O–H groups in total. The number of ether oxygens (including phenoxy) is 4. The number of aromatic nitrogens is 3. The van der Waals surface area contributed by atoms with Crippen LogP contribution in [0.2, 0.25) is 0 Å². The number of para-hydroxylation sites is 2. The maximum absolute atomic E-state index is 13.9. The van der Waals surface area contributed by atoms with E-state index in [4.69, 9.17) is 34.8 Å². The van der Waals surface area contributed by atoms with Crippen LogP contribution in [-0.2, 0) is 26.9 Å². The molecule has 3 aromatic heterocycles. The number of aliphatic hydroxyl groups excluding tert-OH is 2. The number of pyridine rings is 1. The summed E-state index contributed by atoms with van der Waals surface area (Å²) < 4.78 is 26.1. The van der Waals surface area contributed by atoms with Gasteiger partial charge in [0.05, 0.1) is 64.5 Å². The third-order valence-electron chi connectivity index (χ3n) is 9.92. The molecule has 292 valence electrons. The molecule has 1 amide bonds. The lowest BCUT2D eigenvalue weighted by molar-refractivity contribution is 0.0918. The molecule has 0 unspecified atom stereocenters. The third-order valence-corrected chi connectivity index (χ3v) is 9.92. The Labute approximate surface area is 326 Å². The second kappa shape index (κ2) is 17.6. The Morgan fingerprint density at radius 1 is 0.732 bits per heavy atom. The topological polar surface area (TPSA) is 155 Å². The van der Waals surface area contributed by atoms with Gasteiger partial charge >= 0.3 is 0 Å². The Kier molecular flexibility index (Phi) is 12.4. The van der Waals surface area contributed by atoms with Crippen molar-refractivity contribution in [3.63, 3.8) is 0 Å². The summed E-state index contributed by atoms with van der Waals surface area (Å²) in [6.45, 7) is -0.190. The molecule has 0 bridgehead atoms. The fourth-order valence-electron chi connectivity index (χ4n) is 7.11. The zero-order valence-electron chi connectivity index (χ0n) is 32.6. The Balaban J connectivity index is 0.000000295. The summed E-state index contributed by atoms with van der Waals surface area (Å²) in [4.78, 5) is 18.7. The summed E-state index contributed by atoms with van der Waals surface area (Å²) in [6.07, 6.45) is 5.31. The number of hydrogen-bond acceptors (Lipinski definition) is 9. The number of amides is 1. The summed E-state index contributed by atoms with van der Waals surface area (Å²) in [5.74, 6) is 1.67. The molecule has 0 aliphatic rings. The van der Waals surface area contributed by atoms with E-state index in [-0.39, 0.29) is 25.2 Å². The van der Waals surface area contributed by atoms with Crippen molar-refractivity contribution in [2.45, 2.75) is 24.9 Å². The van der Waals surface area contributed by atoms with E-state index in [9.17, 15) is 9.90 Å². The quantitative estimate of drug-likeness (QED) is 0.114. The molecule has 7 aromatic rings. The lowest BCUT2D eigenvalue weighted by atomic mass is 10.0. The van der Waals surface area contributed by atoms with Crippen molar-refractivity contribution >= 4 is 38.6 Å². The van der Waals surface area contributed by atoms with Crippen LogP contribution in [0.25, 0.3) is 44.0 Å². The normalized spacial score (nSPS) is 12.2. The number of aliphatic hydroxyl groups is 2. The van der Waals surface area contributed by atoms with E-state index in [1.54, 1.807) is 58.8 Å². The fraction of sp³-hybridized carbons (Fsp3) is 0.273. The molecule has 3 heterocycles. The summed E-state index contributed by atoms with van der Waals surface area (Å²) >= 11 is 0. The number of methoxy groups -OCH3 is 4. The van der Waals surface area contributed by atoms with Crippen molar-refractivity contribution in [1.82, 2.24) is 19.4 Å². The number of carbonyl (C=O) groups excluding carboxylic acids is 1. The summed E-state index contributed by atoms with van der Waals surface area (Å²) in [5, 5.41) is 25.2. The highest BCUT2D eigenvalue weighted by Crippen LogP contribution is 2.41. The Hall–Kier alpha value is -6.08. The minimum atomic E-state index is -0.508. The van der Waals surface area contributed by atoms with Crippen LogP contribution >= 0.6 is 0 Å². The van der Waals surface area contributed by atoms with Crippen molar-refractivity contribution in [2.24, 2.45) is 19.8 Å². The van der Waals surface area contributed by atoms with Crippen LogP contribution in [0.15, 0.2) is 97.3 Å². The first-order chi connectivity index (χ1) is 27.1. The SMILES string of the molecule is COc1ccc2nc(-c3cc(OC)c(OC)c(OC)c3)cc(C(=O)N[C@@H](CO)Cc3cn(C)c4ccccc34)c2c1.Cn1cc(C[C@@H](N)CO)c2ccccc21. The second-order valence-electron chi connectivity index (χ2n) is 13.6. The van der Waals surface area contributed by atoms with E-state index in [0.717, 1.165) is 22.9 Å². The van der Waals surface area contributed by atoms with Gasteiger partial charge in [-0.05, 0) is 72.5 Å². The molecule has 12 nitrogen and oxygen atoms in total. The first-order valence-electron chi connectivity index (χ1n) is 18.3. The molecule has 4 aromatic carbocycles. The number of nitrogens with zero attached hydrogens (tertiary/aromatic N) is 3. The Bertz CT molecular complexity index is 2450. The summed E-state index contributed by atoms with van der Waals surface area (Å²) in [5.41, 5.74) is 12.5. The van der Waals surface area contributed by atoms with Crippen LogP contribution in [0.3, 0.4) is 0 Å². The maximum atomic E-state index is 13.9. The number of nitrogens with one attached hydrogen (secondary N) is 1. The van der Waals surface area contributed by atoms with E-state index in [1.165, 1.54) is 16.5 Å². The van der Waals surface area contributed by atoms with Gasteiger partial charge in [-0.2, -0.15) is 0 Å². The first-order valence-corrected chi connectivity index (χ1v) is 18.3. The van der Waals surface area contributed by atoms with Gasteiger partial charge in [0, 0.05) is 65.3 Å². The fourth-order valence-corrected chi connectivity index (χ4v) is 7.11. The minimum absolute atomic E-state index is 0.0310. The summed E-state index contributed by atoms with van der Waals surface area (Å²) in [7, 11) is 10.2. The number of benzene rings is 4. The van der Waals surface area contributed by atoms with Gasteiger partial charge in [0.1, 0.15) is 5.75 Å². The lowest BCUT2D eigenvalue weighted by Gasteiger charge is -2.18. The van der Waals surface area contributed by atoms with E-state index >= 15 is 0 Å². The molecule has 0 spiro atoms. The number of hydrogen-bond donors (Lipinski definition) is 4. The van der Waals surface area contributed by atoms with Gasteiger partial charge in [-0.1, -0.05) is 36.4 Å². The van der Waals surface area contributed by atoms with Crippen LogP contribution in [0.5, 0.6) is 23.0 Å². The molecule has 56 heavy (non-hydrogen) atoms. The highest BCUT2D eigenvalue weighted by Gasteiger charge is 2.22. The maximum Gasteiger partial charge on any atom is 0.252 e. The molecule has 0 saturated heterocycles. The van der Waals surface area contributed by atoms with Gasteiger partial charge in [-0.15, -0.1) is 0 Å². The van der Waals surface area contributed by atoms with Crippen molar-refractivity contribution < 1.29 is 34.0 Å². The molecular formula is C44H49N5O7. The number of fused-ring (bicyclic) bond motifs is 3. The lowest BCUT2D eigenvalue weighted by Crippen LogP contribution is -2.39. The van der Waals surface area contributed by atoms with Gasteiger partial charge in [0.15, 0.2) is 11.5 Å². The number of rotatable bonds is 13. The van der Waals surface area contributed by atoms with E-state index in [0.29, 0.717) is 57.1 Å². The van der Waals surface area contributed by atoms with Gasteiger partial charge in [-0.3, -0.25) is 4.79 Å². The zero-order chi connectivity index (χ0) is 39.9. The predicted octanol–water partition coefficient (Wildman–Crippen LogP) is 5.80. The van der Waals surface area contributed by atoms with Crippen LogP contribution in [-0.4, -0.2) is 84.0 Å². The van der Waals surface area contributed by atoms with Crippen molar-refractivity contribution in [1.29, 1.82) is 0 Å². The van der Waals surface area contributed by atoms with Crippen LogP contribution in [0, 0.1) is 0 Å². The van der Waals surface area contributed by atoms with Crippen molar-refractivity contribution in [3.05, 3.63) is 114 Å². The Morgan fingerprint density at radius 3 is 1.86 bits per heavy atom. The third kappa shape index (κ3) is 8.27. The average molecular weight is 760 g/mol. The van der Waals surface area contributed by atoms with Crippen LogP contribution in [0.4, 0.5) is 0 Å². The van der Waals surface area contributed by atoms with E-state index < -0.39 is 6.04 Å². The highest BCUT2D eigenvalue weighted by atomic mass is 16.5. The molecule has 0 aliphatic carbocycles. The largest absolute Gasteiger partial charge is 0.497 e. The molecule has 0 radical (unpaired) electrons. The molecule has 0 aliphatic heterocycles. The standard InChI is InChI=1S/C32H33N3O6.C12H16N2O/c1-35-17-20(23-8-6-7-9-28(23)35)12-21(18-36)33-32(37)25-16-27(34-26-11-10-22(38-2)15-24(25)26)19-13-29(39-3)31(41-5)30(14-19)40-4;1-14-7-9(6-10(13)8-15)11-4-2-3-5-12(11)14/h6-11,13-17,21,36H,12,18H2,1-5H3,(H,33,37);2-5,7,10,15H,6,8,13H2,1H3/t21-;10-/m11/s1. The monoisotopic (exact) mass is 759 g/mol. The van der Waals surface area contributed by atoms with Crippen molar-refractivity contribution in [2.75, 3.05) is 41.7 Å². The second-order valence-corrected chi connectivity index (χ2v) is 13.6. The molecule has 12 heteroatoms. The number of nitrogens with two attached hydrogens (primary N) is 1. The number of aryl methyl sites for hydroxylation is 2. The van der Waals surface area contributed by atoms with Gasteiger partial charge in [-0.25, -0.2) is 4.98 Å². The molecule has 2 atom stereocenters. The average Bonchev–Trinajstić information content (AvgIpc) is 3.73. The van der Waals surface area contributed by atoms with E-state index in [2.05, 4.69) is 28.2 Å². The van der Waals surface area contributed by atoms with Gasteiger partial charge in [0.2, 0.25) is 5.75 Å². The van der Waals surface area contributed by atoms with E-state index in [1.807, 2.05) is 67.3 Å². The smallest absolute Gasteiger partial charge is 0.252 e. The first kappa shape index (κ1) is 39.6.